The minimum absolute atomic E-state index is 0.00145. The highest BCUT2D eigenvalue weighted by molar-refractivity contribution is 9.10. The SMILES string of the molecule is O=C(NC(=S)Nc1cccc(S(=O)(=O)Nc2ccc(Br)cc2)c1)C1CCCC1. The van der Waals surface area contributed by atoms with E-state index in [1.54, 1.807) is 36.4 Å². The lowest BCUT2D eigenvalue weighted by atomic mass is 10.1. The number of amides is 1. The van der Waals surface area contributed by atoms with E-state index in [1.165, 1.54) is 12.1 Å². The molecule has 3 N–H and O–H groups in total. The van der Waals surface area contributed by atoms with Crippen LogP contribution in [0.25, 0.3) is 0 Å². The van der Waals surface area contributed by atoms with E-state index in [2.05, 4.69) is 31.3 Å². The van der Waals surface area contributed by atoms with Gasteiger partial charge in [0.25, 0.3) is 10.0 Å². The van der Waals surface area contributed by atoms with E-state index >= 15 is 0 Å². The fraction of sp³-hybridized carbons (Fsp3) is 0.263. The Hall–Kier alpha value is -1.97. The Balaban J connectivity index is 1.66. The number of hydrogen-bond acceptors (Lipinski definition) is 4. The number of carbonyl (C=O) groups is 1. The molecule has 0 spiro atoms. The molecule has 9 heteroatoms. The predicted octanol–water partition coefficient (Wildman–Crippen LogP) is 4.25. The van der Waals surface area contributed by atoms with Gasteiger partial charge < -0.3 is 10.6 Å². The van der Waals surface area contributed by atoms with Gasteiger partial charge in [-0.2, -0.15) is 0 Å². The monoisotopic (exact) mass is 481 g/mol. The van der Waals surface area contributed by atoms with Crippen molar-refractivity contribution < 1.29 is 13.2 Å². The van der Waals surface area contributed by atoms with Crippen molar-refractivity contribution in [3.63, 3.8) is 0 Å². The standard InChI is InChI=1S/C19H20BrN3O3S2/c20-14-8-10-15(11-9-14)23-28(25,26)17-7-3-6-16(12-17)21-19(27)22-18(24)13-4-1-2-5-13/h3,6-13,23H,1-2,4-5H2,(H2,21,22,24,27). The van der Waals surface area contributed by atoms with Crippen LogP contribution in [0.4, 0.5) is 11.4 Å². The molecule has 3 rings (SSSR count). The zero-order chi connectivity index (χ0) is 20.1. The Morgan fingerprint density at radius 3 is 2.39 bits per heavy atom. The van der Waals surface area contributed by atoms with Crippen molar-refractivity contribution in [2.24, 2.45) is 5.92 Å². The van der Waals surface area contributed by atoms with Crippen molar-refractivity contribution in [2.45, 2.75) is 30.6 Å². The van der Waals surface area contributed by atoms with Crippen LogP contribution in [0.3, 0.4) is 0 Å². The van der Waals surface area contributed by atoms with Crippen molar-refractivity contribution in [2.75, 3.05) is 10.0 Å². The number of hydrogen-bond donors (Lipinski definition) is 3. The first-order chi connectivity index (χ1) is 13.3. The van der Waals surface area contributed by atoms with Crippen LogP contribution in [-0.4, -0.2) is 19.4 Å². The molecule has 148 valence electrons. The summed E-state index contributed by atoms with van der Waals surface area (Å²) in [4.78, 5) is 12.2. The molecular formula is C19H20BrN3O3S2. The number of carbonyl (C=O) groups excluding carboxylic acids is 1. The highest BCUT2D eigenvalue weighted by Crippen LogP contribution is 2.25. The van der Waals surface area contributed by atoms with Gasteiger partial charge in [-0.15, -0.1) is 0 Å². The van der Waals surface area contributed by atoms with Gasteiger partial charge >= 0.3 is 0 Å². The normalized spacial score (nSPS) is 14.5. The number of halogens is 1. The van der Waals surface area contributed by atoms with Crippen LogP contribution in [0.2, 0.25) is 0 Å². The van der Waals surface area contributed by atoms with Crippen molar-refractivity contribution in [3.05, 3.63) is 53.0 Å². The zero-order valence-electron chi connectivity index (χ0n) is 14.9. The Morgan fingerprint density at radius 2 is 1.71 bits per heavy atom. The topological polar surface area (TPSA) is 87.3 Å². The average Bonchev–Trinajstić information content (AvgIpc) is 3.18. The molecule has 1 amide bonds. The first-order valence-corrected chi connectivity index (χ1v) is 11.5. The molecule has 0 aromatic heterocycles. The first-order valence-electron chi connectivity index (χ1n) is 8.84. The van der Waals surface area contributed by atoms with E-state index < -0.39 is 10.0 Å². The number of anilines is 2. The lowest BCUT2D eigenvalue weighted by Crippen LogP contribution is -2.37. The summed E-state index contributed by atoms with van der Waals surface area (Å²) in [5.74, 6) is -0.0859. The summed E-state index contributed by atoms with van der Waals surface area (Å²) in [6.07, 6.45) is 3.88. The van der Waals surface area contributed by atoms with Crippen LogP contribution in [0, 0.1) is 5.92 Å². The van der Waals surface area contributed by atoms with Gasteiger partial charge in [0.05, 0.1) is 4.90 Å². The Bertz CT molecular complexity index is 972. The molecule has 0 aliphatic heterocycles. The van der Waals surface area contributed by atoms with Gasteiger partial charge in [-0.05, 0) is 67.5 Å². The molecule has 2 aromatic carbocycles. The smallest absolute Gasteiger partial charge is 0.261 e. The Morgan fingerprint density at radius 1 is 1.04 bits per heavy atom. The van der Waals surface area contributed by atoms with Gasteiger partial charge in [0.1, 0.15) is 0 Å². The van der Waals surface area contributed by atoms with E-state index in [-0.39, 0.29) is 21.8 Å². The third-order valence-electron chi connectivity index (χ3n) is 4.46. The third-order valence-corrected chi connectivity index (χ3v) is 6.57. The Kier molecular flexibility index (Phi) is 6.69. The quantitative estimate of drug-likeness (QED) is 0.555. The van der Waals surface area contributed by atoms with Crippen LogP contribution < -0.4 is 15.4 Å². The summed E-state index contributed by atoms with van der Waals surface area (Å²) in [5, 5.41) is 5.73. The molecule has 1 aliphatic carbocycles. The van der Waals surface area contributed by atoms with Gasteiger partial charge in [-0.3, -0.25) is 9.52 Å². The second kappa shape index (κ2) is 9.02. The highest BCUT2D eigenvalue weighted by Gasteiger charge is 2.23. The van der Waals surface area contributed by atoms with Crippen LogP contribution >= 0.6 is 28.1 Å². The van der Waals surface area contributed by atoms with Crippen LogP contribution in [0.1, 0.15) is 25.7 Å². The van der Waals surface area contributed by atoms with Crippen molar-refractivity contribution in [3.8, 4) is 0 Å². The maximum Gasteiger partial charge on any atom is 0.261 e. The summed E-state index contributed by atoms with van der Waals surface area (Å²) in [7, 11) is -3.76. The summed E-state index contributed by atoms with van der Waals surface area (Å²) in [6, 6.07) is 13.1. The fourth-order valence-electron chi connectivity index (χ4n) is 3.04. The molecule has 6 nitrogen and oxygen atoms in total. The Labute approximate surface area is 178 Å². The van der Waals surface area contributed by atoms with E-state index in [0.29, 0.717) is 11.4 Å². The second-order valence-corrected chi connectivity index (χ2v) is 9.57. The molecule has 1 saturated carbocycles. The molecular weight excluding hydrogens is 462 g/mol. The lowest BCUT2D eigenvalue weighted by Gasteiger charge is -2.14. The molecule has 0 bridgehead atoms. The van der Waals surface area contributed by atoms with Gasteiger partial charge in [0.2, 0.25) is 5.91 Å². The summed E-state index contributed by atoms with van der Waals surface area (Å²) < 4.78 is 28.6. The maximum absolute atomic E-state index is 12.6. The van der Waals surface area contributed by atoms with E-state index in [1.807, 2.05) is 0 Å². The number of sulfonamides is 1. The first kappa shape index (κ1) is 20.8. The molecule has 28 heavy (non-hydrogen) atoms. The minimum atomic E-state index is -3.76. The largest absolute Gasteiger partial charge is 0.332 e. The summed E-state index contributed by atoms with van der Waals surface area (Å²) in [5.41, 5.74) is 0.941. The van der Waals surface area contributed by atoms with Crippen molar-refractivity contribution >= 4 is 60.6 Å². The average molecular weight is 482 g/mol. The molecule has 0 heterocycles. The van der Waals surface area contributed by atoms with E-state index in [9.17, 15) is 13.2 Å². The predicted molar refractivity (Wildman–Crippen MR) is 118 cm³/mol. The molecule has 0 unspecified atom stereocenters. The number of rotatable bonds is 5. The molecule has 0 radical (unpaired) electrons. The molecule has 1 aliphatic rings. The third kappa shape index (κ3) is 5.52. The summed E-state index contributed by atoms with van der Waals surface area (Å²) in [6.45, 7) is 0. The van der Waals surface area contributed by atoms with Crippen LogP contribution in [-0.2, 0) is 14.8 Å². The summed E-state index contributed by atoms with van der Waals surface area (Å²) >= 11 is 8.50. The maximum atomic E-state index is 12.6. The van der Waals surface area contributed by atoms with Gasteiger partial charge in [0.15, 0.2) is 5.11 Å². The number of nitrogens with one attached hydrogen (secondary N) is 3. The molecule has 2 aromatic rings. The van der Waals surface area contributed by atoms with Crippen molar-refractivity contribution in [1.82, 2.24) is 5.32 Å². The number of benzene rings is 2. The van der Waals surface area contributed by atoms with Crippen LogP contribution in [0.15, 0.2) is 57.9 Å². The van der Waals surface area contributed by atoms with Gasteiger partial charge in [-0.1, -0.05) is 34.8 Å². The molecule has 0 saturated heterocycles. The molecule has 0 atom stereocenters. The number of thiocarbonyl (C=S) groups is 1. The van der Waals surface area contributed by atoms with Crippen molar-refractivity contribution in [1.29, 1.82) is 0 Å². The zero-order valence-corrected chi connectivity index (χ0v) is 18.2. The van der Waals surface area contributed by atoms with E-state index in [4.69, 9.17) is 12.2 Å². The highest BCUT2D eigenvalue weighted by atomic mass is 79.9. The minimum Gasteiger partial charge on any atom is -0.332 e. The molecule has 1 fully saturated rings. The van der Waals surface area contributed by atoms with Crippen LogP contribution in [0.5, 0.6) is 0 Å². The van der Waals surface area contributed by atoms with Gasteiger partial charge in [-0.25, -0.2) is 8.42 Å². The van der Waals surface area contributed by atoms with Gasteiger partial charge in [0, 0.05) is 21.8 Å². The fourth-order valence-corrected chi connectivity index (χ4v) is 4.62. The lowest BCUT2D eigenvalue weighted by molar-refractivity contribution is -0.123. The van der Waals surface area contributed by atoms with E-state index in [0.717, 1.165) is 30.2 Å². The second-order valence-electron chi connectivity index (χ2n) is 6.56.